The molecule has 168 valence electrons. The van der Waals surface area contributed by atoms with Gasteiger partial charge in [-0.15, -0.1) is 11.3 Å². The number of benzene rings is 1. The molecule has 0 fully saturated rings. The number of carbonyl (C=O) groups is 2. The summed E-state index contributed by atoms with van der Waals surface area (Å²) in [4.78, 5) is 29.7. The van der Waals surface area contributed by atoms with Crippen molar-refractivity contribution >= 4 is 38.2 Å². The third-order valence-corrected chi connectivity index (χ3v) is 8.31. The van der Waals surface area contributed by atoms with Gasteiger partial charge in [-0.1, -0.05) is 18.2 Å². The number of hydrogen-bond donors (Lipinski definition) is 0. The fourth-order valence-corrected chi connectivity index (χ4v) is 6.70. The maximum atomic E-state index is 13.4. The van der Waals surface area contributed by atoms with Crippen LogP contribution in [0.4, 0.5) is 5.00 Å². The van der Waals surface area contributed by atoms with E-state index in [1.54, 1.807) is 20.1 Å². The fourth-order valence-electron chi connectivity index (χ4n) is 3.62. The van der Waals surface area contributed by atoms with Gasteiger partial charge in [0.1, 0.15) is 22.8 Å². The summed E-state index contributed by atoms with van der Waals surface area (Å²) in [6.45, 7) is 2.49. The first kappa shape index (κ1) is 22.0. The Labute approximate surface area is 189 Å². The molecule has 0 bridgehead atoms. The molecule has 1 amide bonds. The number of rotatable bonds is 7. The molecule has 0 N–H and O–H groups in total. The molecule has 3 heterocycles. The minimum Gasteiger partial charge on any atom is -0.496 e. The van der Waals surface area contributed by atoms with Gasteiger partial charge < -0.3 is 9.15 Å². The minimum absolute atomic E-state index is 0.0579. The highest BCUT2D eigenvalue weighted by Gasteiger charge is 2.45. The summed E-state index contributed by atoms with van der Waals surface area (Å²) < 4.78 is 39.4. The van der Waals surface area contributed by atoms with Crippen molar-refractivity contribution in [2.75, 3.05) is 24.5 Å². The largest absolute Gasteiger partial charge is 0.496 e. The summed E-state index contributed by atoms with van der Waals surface area (Å²) in [6, 6.07) is 7.33. The van der Waals surface area contributed by atoms with Gasteiger partial charge in [-0.3, -0.25) is 9.59 Å². The number of methoxy groups -OCH3 is 1. The Hall–Kier alpha value is -3.18. The number of fused-ring (bicyclic) bond motifs is 1. The van der Waals surface area contributed by atoms with Crippen LogP contribution in [0.3, 0.4) is 0 Å². The van der Waals surface area contributed by atoms with Gasteiger partial charge in [0.2, 0.25) is 5.89 Å². The van der Waals surface area contributed by atoms with E-state index in [4.69, 9.17) is 9.15 Å². The number of hydrogen-bond acceptors (Lipinski definition) is 8. The first-order chi connectivity index (χ1) is 15.3. The highest BCUT2D eigenvalue weighted by Crippen LogP contribution is 2.46. The lowest BCUT2D eigenvalue weighted by atomic mass is 10.1. The first-order valence-corrected chi connectivity index (χ1v) is 12.0. The summed E-state index contributed by atoms with van der Waals surface area (Å²) in [5.74, 6) is -0.220. The van der Waals surface area contributed by atoms with Crippen LogP contribution in [0, 0.1) is 6.92 Å². The fraction of sp³-hybridized carbons (Fsp3) is 0.286. The maximum absolute atomic E-state index is 13.4. The summed E-state index contributed by atoms with van der Waals surface area (Å²) >= 11 is 1.13. The van der Waals surface area contributed by atoms with Crippen molar-refractivity contribution in [1.29, 1.82) is 0 Å². The normalized spacial score (nSPS) is 15.0. The molecular weight excluding hydrogens is 454 g/mol. The number of thiophene rings is 1. The molecule has 0 saturated carbocycles. The topological polar surface area (TPSA) is 110 Å². The molecule has 32 heavy (non-hydrogen) atoms. The van der Waals surface area contributed by atoms with Crippen LogP contribution in [-0.4, -0.2) is 49.6 Å². The molecule has 1 aliphatic rings. The van der Waals surface area contributed by atoms with Crippen molar-refractivity contribution in [1.82, 2.24) is 9.29 Å². The molecule has 11 heteroatoms. The third kappa shape index (κ3) is 3.67. The molecule has 0 atom stereocenters. The highest BCUT2D eigenvalue weighted by atomic mass is 32.2. The second kappa shape index (κ2) is 8.40. The predicted molar refractivity (Wildman–Crippen MR) is 119 cm³/mol. The Morgan fingerprint density at radius 3 is 2.66 bits per heavy atom. The van der Waals surface area contributed by atoms with Gasteiger partial charge >= 0.3 is 10.2 Å². The number of Topliss-reactive ketones (excluding diaryl/α,β-unsaturated/α-hetero) is 1. The van der Waals surface area contributed by atoms with Gasteiger partial charge in [-0.05, 0) is 37.5 Å². The molecule has 9 nitrogen and oxygen atoms in total. The number of carbonyl (C=O) groups excluding carboxylic acids is 2. The lowest BCUT2D eigenvalue weighted by molar-refractivity contribution is -0.117. The Balaban J connectivity index is 1.82. The second-order valence-electron chi connectivity index (χ2n) is 7.23. The number of para-hydroxylation sites is 1. The van der Waals surface area contributed by atoms with Crippen molar-refractivity contribution < 1.29 is 27.2 Å². The molecule has 0 aliphatic carbocycles. The van der Waals surface area contributed by atoms with E-state index in [-0.39, 0.29) is 17.1 Å². The maximum Gasteiger partial charge on any atom is 0.329 e. The average Bonchev–Trinajstić information content (AvgIpc) is 3.39. The number of nitrogens with zero attached hydrogens (tertiary/aromatic N) is 3. The molecule has 3 aromatic rings. The molecule has 1 aromatic carbocycles. The zero-order valence-corrected chi connectivity index (χ0v) is 19.3. The predicted octanol–water partition coefficient (Wildman–Crippen LogP) is 3.06. The quantitative estimate of drug-likeness (QED) is 0.516. The Morgan fingerprint density at radius 1 is 1.25 bits per heavy atom. The number of anilines is 1. The standard InChI is InChI=1S/C21H21N3O6S2/c1-13(25)12-24-20(26)17-14(2)18(19-22-9-11-30-19)31-21(17)23(32(24,27)28)10-8-15-6-4-5-7-16(15)29-3/h4-7,9,11H,8,10,12H2,1-3H3. The summed E-state index contributed by atoms with van der Waals surface area (Å²) in [7, 11) is -2.72. The monoisotopic (exact) mass is 475 g/mol. The SMILES string of the molecule is COc1ccccc1CCN1c2sc(-c3ncco3)c(C)c2C(=O)N(CC(C)=O)S1(=O)=O. The molecule has 0 saturated heterocycles. The van der Waals surface area contributed by atoms with E-state index in [2.05, 4.69) is 4.98 Å². The van der Waals surface area contributed by atoms with Gasteiger partial charge in [0.25, 0.3) is 5.91 Å². The Morgan fingerprint density at radius 2 is 2.00 bits per heavy atom. The highest BCUT2D eigenvalue weighted by molar-refractivity contribution is 7.91. The number of oxazole rings is 1. The van der Waals surface area contributed by atoms with Crippen molar-refractivity contribution in [3.05, 3.63) is 53.4 Å². The van der Waals surface area contributed by atoms with Gasteiger partial charge in [-0.2, -0.15) is 8.42 Å². The zero-order valence-electron chi connectivity index (χ0n) is 17.7. The summed E-state index contributed by atoms with van der Waals surface area (Å²) in [5, 5.41) is 0.287. The molecule has 0 unspecified atom stereocenters. The average molecular weight is 476 g/mol. The summed E-state index contributed by atoms with van der Waals surface area (Å²) in [6.07, 6.45) is 3.23. The third-order valence-electron chi connectivity index (χ3n) is 5.12. The van der Waals surface area contributed by atoms with E-state index >= 15 is 0 Å². The summed E-state index contributed by atoms with van der Waals surface area (Å²) in [5.41, 5.74) is 1.62. The minimum atomic E-state index is -4.27. The number of ketones is 1. The van der Waals surface area contributed by atoms with E-state index in [0.29, 0.717) is 32.8 Å². The first-order valence-electron chi connectivity index (χ1n) is 9.75. The van der Waals surface area contributed by atoms with Gasteiger partial charge in [0.05, 0.1) is 30.3 Å². The Bertz CT molecular complexity index is 1280. The lowest BCUT2D eigenvalue weighted by Crippen LogP contribution is -2.52. The molecular formula is C21H21N3O6S2. The molecule has 0 spiro atoms. The van der Waals surface area contributed by atoms with Crippen LogP contribution in [0.2, 0.25) is 0 Å². The van der Waals surface area contributed by atoms with Crippen molar-refractivity contribution in [3.63, 3.8) is 0 Å². The van der Waals surface area contributed by atoms with Gasteiger partial charge in [-0.25, -0.2) is 13.6 Å². The van der Waals surface area contributed by atoms with Crippen molar-refractivity contribution in [3.8, 4) is 16.5 Å². The van der Waals surface area contributed by atoms with Crippen LogP contribution in [0.15, 0.2) is 41.1 Å². The van der Waals surface area contributed by atoms with Gasteiger partial charge in [0.15, 0.2) is 0 Å². The van der Waals surface area contributed by atoms with Crippen LogP contribution in [-0.2, 0) is 21.4 Å². The van der Waals surface area contributed by atoms with Crippen molar-refractivity contribution in [2.45, 2.75) is 20.3 Å². The number of amides is 1. The molecule has 2 aromatic heterocycles. The van der Waals surface area contributed by atoms with E-state index in [0.717, 1.165) is 16.9 Å². The lowest BCUT2D eigenvalue weighted by Gasteiger charge is -2.35. The molecule has 0 radical (unpaired) electrons. The number of aromatic nitrogens is 1. The molecule has 4 rings (SSSR count). The van der Waals surface area contributed by atoms with Crippen LogP contribution in [0.1, 0.15) is 28.4 Å². The Kier molecular flexibility index (Phi) is 5.78. The molecule has 1 aliphatic heterocycles. The van der Waals surface area contributed by atoms with Crippen LogP contribution in [0.5, 0.6) is 5.75 Å². The number of ether oxygens (including phenoxy) is 1. The van der Waals surface area contributed by atoms with Crippen molar-refractivity contribution in [2.24, 2.45) is 0 Å². The van der Waals surface area contributed by atoms with E-state index < -0.39 is 28.4 Å². The van der Waals surface area contributed by atoms with E-state index in [9.17, 15) is 18.0 Å². The van der Waals surface area contributed by atoms with E-state index in [1.807, 2.05) is 18.2 Å². The van der Waals surface area contributed by atoms with Crippen LogP contribution >= 0.6 is 11.3 Å². The van der Waals surface area contributed by atoms with Crippen LogP contribution < -0.4 is 9.04 Å². The van der Waals surface area contributed by atoms with Gasteiger partial charge in [0, 0.05) is 6.54 Å². The zero-order chi connectivity index (χ0) is 23.0. The second-order valence-corrected chi connectivity index (χ2v) is 10.0. The van der Waals surface area contributed by atoms with Crippen LogP contribution in [0.25, 0.3) is 10.8 Å². The smallest absolute Gasteiger partial charge is 0.329 e. The van der Waals surface area contributed by atoms with E-state index in [1.165, 1.54) is 23.7 Å².